The predicted octanol–water partition coefficient (Wildman–Crippen LogP) is 2.96. The average Bonchev–Trinajstić information content (AvgIpc) is 3.09. The normalized spacial score (nSPS) is 13.9. The van der Waals surface area contributed by atoms with Gasteiger partial charge in [-0.15, -0.1) is 0 Å². The van der Waals surface area contributed by atoms with E-state index >= 15 is 0 Å². The van der Waals surface area contributed by atoms with Gasteiger partial charge in [0, 0.05) is 30.0 Å². The number of amides is 1. The van der Waals surface area contributed by atoms with Crippen LogP contribution in [-0.4, -0.2) is 32.0 Å². The fourth-order valence-corrected chi connectivity index (χ4v) is 3.87. The number of aromatic nitrogens is 4. The lowest BCUT2D eigenvalue weighted by molar-refractivity contribution is -0.118. The molecule has 0 fully saturated rings. The number of carbonyl (C=O) groups excluding carboxylic acids is 1. The van der Waals surface area contributed by atoms with Gasteiger partial charge >= 0.3 is 0 Å². The molecule has 0 unspecified atom stereocenters. The summed E-state index contributed by atoms with van der Waals surface area (Å²) >= 11 is 0. The summed E-state index contributed by atoms with van der Waals surface area (Å²) in [6.07, 6.45) is 4.71. The topological polar surface area (TPSA) is 63.4 Å². The van der Waals surface area contributed by atoms with Gasteiger partial charge in [0.1, 0.15) is 6.33 Å². The highest BCUT2D eigenvalue weighted by Gasteiger charge is 2.23. The molecular weight excluding hydrogens is 326 g/mol. The molecule has 0 atom stereocenters. The van der Waals surface area contributed by atoms with Gasteiger partial charge < -0.3 is 4.90 Å². The molecule has 3 heterocycles. The molecule has 4 rings (SSSR count). The molecule has 0 bridgehead atoms. The third-order valence-electron chi connectivity index (χ3n) is 5.23. The van der Waals surface area contributed by atoms with Crippen LogP contribution in [0.4, 0.5) is 5.69 Å². The highest BCUT2D eigenvalue weighted by molar-refractivity contribution is 5.94. The van der Waals surface area contributed by atoms with Gasteiger partial charge in [0.25, 0.3) is 5.78 Å². The molecule has 1 aliphatic rings. The van der Waals surface area contributed by atoms with Crippen LogP contribution in [0, 0.1) is 20.8 Å². The van der Waals surface area contributed by atoms with Gasteiger partial charge in [0.15, 0.2) is 0 Å². The molecule has 0 spiro atoms. The van der Waals surface area contributed by atoms with Gasteiger partial charge in [-0.2, -0.15) is 10.1 Å². The first-order chi connectivity index (χ1) is 12.5. The van der Waals surface area contributed by atoms with E-state index in [1.165, 1.54) is 17.5 Å². The SMILES string of the molecule is Cc1ccc2c(c1)CCCN2C(=O)CCc1c(C)nc2ncnn2c1C. The number of hydrogen-bond donors (Lipinski definition) is 0. The van der Waals surface area contributed by atoms with E-state index in [0.717, 1.165) is 42.0 Å². The predicted molar refractivity (Wildman–Crippen MR) is 100 cm³/mol. The Morgan fingerprint density at radius 2 is 2.08 bits per heavy atom. The smallest absolute Gasteiger partial charge is 0.252 e. The number of aryl methyl sites for hydroxylation is 4. The molecule has 3 aromatic rings. The summed E-state index contributed by atoms with van der Waals surface area (Å²) in [7, 11) is 0. The lowest BCUT2D eigenvalue weighted by Gasteiger charge is -2.30. The second-order valence-electron chi connectivity index (χ2n) is 7.01. The number of anilines is 1. The van der Waals surface area contributed by atoms with Crippen molar-refractivity contribution in [2.45, 2.75) is 46.5 Å². The molecule has 0 saturated carbocycles. The van der Waals surface area contributed by atoms with E-state index in [-0.39, 0.29) is 5.91 Å². The summed E-state index contributed by atoms with van der Waals surface area (Å²) in [5.74, 6) is 0.780. The van der Waals surface area contributed by atoms with Crippen molar-refractivity contribution in [1.82, 2.24) is 19.6 Å². The quantitative estimate of drug-likeness (QED) is 0.729. The number of benzene rings is 1. The van der Waals surface area contributed by atoms with Crippen LogP contribution in [0.5, 0.6) is 0 Å². The Labute approximate surface area is 152 Å². The van der Waals surface area contributed by atoms with E-state index in [9.17, 15) is 4.79 Å². The van der Waals surface area contributed by atoms with Crippen LogP contribution >= 0.6 is 0 Å². The Morgan fingerprint density at radius 1 is 1.23 bits per heavy atom. The van der Waals surface area contributed by atoms with Gasteiger partial charge in [-0.3, -0.25) is 4.79 Å². The lowest BCUT2D eigenvalue weighted by Crippen LogP contribution is -2.35. The third-order valence-corrected chi connectivity index (χ3v) is 5.23. The average molecular weight is 349 g/mol. The van der Waals surface area contributed by atoms with Gasteiger partial charge in [-0.05, 0) is 57.2 Å². The first-order valence-electron chi connectivity index (χ1n) is 9.10. The number of carbonyl (C=O) groups is 1. The molecule has 1 aromatic carbocycles. The van der Waals surface area contributed by atoms with Crippen molar-refractivity contribution in [2.24, 2.45) is 0 Å². The van der Waals surface area contributed by atoms with Crippen molar-refractivity contribution >= 4 is 17.4 Å². The molecule has 0 saturated heterocycles. The van der Waals surface area contributed by atoms with E-state index in [2.05, 4.69) is 40.2 Å². The molecule has 6 nitrogen and oxygen atoms in total. The zero-order valence-electron chi connectivity index (χ0n) is 15.5. The minimum Gasteiger partial charge on any atom is -0.312 e. The van der Waals surface area contributed by atoms with Crippen molar-refractivity contribution in [1.29, 1.82) is 0 Å². The van der Waals surface area contributed by atoms with Crippen LogP contribution in [0.1, 0.15) is 40.9 Å². The van der Waals surface area contributed by atoms with E-state index in [0.29, 0.717) is 18.6 Å². The second kappa shape index (κ2) is 6.52. The molecule has 1 aliphatic heterocycles. The molecule has 0 aliphatic carbocycles. The number of hydrogen-bond acceptors (Lipinski definition) is 4. The van der Waals surface area contributed by atoms with Crippen LogP contribution in [0.15, 0.2) is 24.5 Å². The Kier molecular flexibility index (Phi) is 4.18. The Morgan fingerprint density at radius 3 is 2.92 bits per heavy atom. The van der Waals surface area contributed by atoms with Gasteiger partial charge in [0.05, 0.1) is 0 Å². The van der Waals surface area contributed by atoms with Crippen LogP contribution < -0.4 is 4.90 Å². The van der Waals surface area contributed by atoms with Crippen LogP contribution in [0.25, 0.3) is 5.78 Å². The fraction of sp³-hybridized carbons (Fsp3) is 0.400. The Hall–Kier alpha value is -2.76. The summed E-state index contributed by atoms with van der Waals surface area (Å²) in [4.78, 5) is 23.5. The Balaban J connectivity index is 1.55. The van der Waals surface area contributed by atoms with Gasteiger partial charge in [-0.25, -0.2) is 9.50 Å². The van der Waals surface area contributed by atoms with Crippen LogP contribution in [-0.2, 0) is 17.6 Å². The van der Waals surface area contributed by atoms with Crippen molar-refractivity contribution in [3.8, 4) is 0 Å². The zero-order valence-corrected chi connectivity index (χ0v) is 15.5. The van der Waals surface area contributed by atoms with Gasteiger partial charge in [-0.1, -0.05) is 17.7 Å². The van der Waals surface area contributed by atoms with Crippen molar-refractivity contribution in [2.75, 3.05) is 11.4 Å². The first kappa shape index (κ1) is 16.7. The molecular formula is C20H23N5O. The zero-order chi connectivity index (χ0) is 18.3. The third kappa shape index (κ3) is 2.85. The molecule has 6 heteroatoms. The Bertz CT molecular complexity index is 991. The maximum atomic E-state index is 12.9. The summed E-state index contributed by atoms with van der Waals surface area (Å²) in [6.45, 7) is 6.88. The first-order valence-corrected chi connectivity index (χ1v) is 9.10. The monoisotopic (exact) mass is 349 g/mol. The van der Waals surface area contributed by atoms with Crippen LogP contribution in [0.2, 0.25) is 0 Å². The number of rotatable bonds is 3. The second-order valence-corrected chi connectivity index (χ2v) is 7.01. The van der Waals surface area contributed by atoms with E-state index in [1.54, 1.807) is 4.52 Å². The van der Waals surface area contributed by atoms with Crippen LogP contribution in [0.3, 0.4) is 0 Å². The van der Waals surface area contributed by atoms with E-state index < -0.39 is 0 Å². The maximum Gasteiger partial charge on any atom is 0.252 e. The molecule has 0 radical (unpaired) electrons. The summed E-state index contributed by atoms with van der Waals surface area (Å²) in [5, 5.41) is 4.22. The molecule has 0 N–H and O–H groups in total. The van der Waals surface area contributed by atoms with E-state index in [1.807, 2.05) is 18.7 Å². The largest absolute Gasteiger partial charge is 0.312 e. The fourth-order valence-electron chi connectivity index (χ4n) is 3.87. The van der Waals surface area contributed by atoms with Crippen molar-refractivity contribution in [3.05, 3.63) is 52.6 Å². The molecule has 134 valence electrons. The minimum absolute atomic E-state index is 0.173. The van der Waals surface area contributed by atoms with Gasteiger partial charge in [0.2, 0.25) is 5.91 Å². The summed E-state index contributed by atoms with van der Waals surface area (Å²) < 4.78 is 1.74. The minimum atomic E-state index is 0.173. The molecule has 1 amide bonds. The summed E-state index contributed by atoms with van der Waals surface area (Å²) in [5.41, 5.74) is 6.61. The van der Waals surface area contributed by atoms with Crippen molar-refractivity contribution in [3.63, 3.8) is 0 Å². The lowest BCUT2D eigenvalue weighted by atomic mass is 9.98. The highest BCUT2D eigenvalue weighted by atomic mass is 16.2. The highest BCUT2D eigenvalue weighted by Crippen LogP contribution is 2.29. The summed E-state index contributed by atoms with van der Waals surface area (Å²) in [6, 6.07) is 6.37. The number of fused-ring (bicyclic) bond motifs is 2. The number of nitrogens with zero attached hydrogens (tertiary/aromatic N) is 5. The maximum absolute atomic E-state index is 12.9. The molecule has 26 heavy (non-hydrogen) atoms. The standard InChI is InChI=1S/C20H23N5O/c1-13-6-8-18-16(11-13)5-4-10-24(18)19(26)9-7-17-14(2)23-20-21-12-22-25(20)15(17)3/h6,8,11-12H,4-5,7,9-10H2,1-3H3. The molecule has 2 aromatic heterocycles. The van der Waals surface area contributed by atoms with Crippen molar-refractivity contribution < 1.29 is 4.79 Å². The van der Waals surface area contributed by atoms with E-state index in [4.69, 9.17) is 0 Å².